The summed E-state index contributed by atoms with van der Waals surface area (Å²) in [6.45, 7) is 4.88. The van der Waals surface area contributed by atoms with Gasteiger partial charge in [0.25, 0.3) is 0 Å². The zero-order chi connectivity index (χ0) is 15.2. The van der Waals surface area contributed by atoms with Crippen molar-refractivity contribution in [1.29, 1.82) is 5.26 Å². The van der Waals surface area contributed by atoms with Crippen LogP contribution in [0.1, 0.15) is 25.0 Å². The zero-order valence-electron chi connectivity index (χ0n) is 12.5. The molecule has 2 rings (SSSR count). The van der Waals surface area contributed by atoms with Crippen molar-refractivity contribution < 1.29 is 4.74 Å². The van der Waals surface area contributed by atoms with E-state index < -0.39 is 0 Å². The fraction of sp³-hybridized carbons (Fsp3) is 0.312. The Hall–Kier alpha value is -2.61. The number of methoxy groups -OCH3 is 1. The van der Waals surface area contributed by atoms with Crippen molar-refractivity contribution in [2.24, 2.45) is 0 Å². The van der Waals surface area contributed by atoms with E-state index in [4.69, 9.17) is 10.00 Å². The second kappa shape index (κ2) is 6.71. The van der Waals surface area contributed by atoms with Crippen molar-refractivity contribution in [1.82, 2.24) is 9.97 Å². The van der Waals surface area contributed by atoms with Gasteiger partial charge in [-0.3, -0.25) is 0 Å². The fourth-order valence-electron chi connectivity index (χ4n) is 2.26. The highest BCUT2D eigenvalue weighted by Crippen LogP contribution is 2.33. The maximum absolute atomic E-state index is 9.10. The number of nitrogens with zero attached hydrogens (tertiary/aromatic N) is 3. The summed E-state index contributed by atoms with van der Waals surface area (Å²) in [7, 11) is 1.61. The first kappa shape index (κ1) is 14.8. The molecule has 2 aromatic rings. The Balaban J connectivity index is 2.66. The van der Waals surface area contributed by atoms with Gasteiger partial charge in [0.15, 0.2) is 0 Å². The van der Waals surface area contributed by atoms with Crippen molar-refractivity contribution >= 4 is 5.82 Å². The molecule has 21 heavy (non-hydrogen) atoms. The third kappa shape index (κ3) is 2.95. The third-order valence-electron chi connectivity index (χ3n) is 3.23. The van der Waals surface area contributed by atoms with Gasteiger partial charge in [-0.15, -0.1) is 0 Å². The van der Waals surface area contributed by atoms with Crippen LogP contribution in [0.15, 0.2) is 24.5 Å². The van der Waals surface area contributed by atoms with Crippen LogP contribution in [0.3, 0.4) is 0 Å². The topological polar surface area (TPSA) is 70.8 Å². The summed E-state index contributed by atoms with van der Waals surface area (Å²) < 4.78 is 5.41. The lowest BCUT2D eigenvalue weighted by Crippen LogP contribution is -2.06. The van der Waals surface area contributed by atoms with Gasteiger partial charge in [-0.05, 0) is 31.5 Å². The Morgan fingerprint density at radius 3 is 2.71 bits per heavy atom. The van der Waals surface area contributed by atoms with Gasteiger partial charge in [0.1, 0.15) is 17.9 Å². The second-order valence-electron chi connectivity index (χ2n) is 4.46. The van der Waals surface area contributed by atoms with Crippen LogP contribution in [-0.2, 0) is 6.42 Å². The molecule has 0 saturated carbocycles. The van der Waals surface area contributed by atoms with Gasteiger partial charge in [0.05, 0.1) is 24.4 Å². The molecule has 1 N–H and O–H groups in total. The highest BCUT2D eigenvalue weighted by molar-refractivity contribution is 5.74. The summed E-state index contributed by atoms with van der Waals surface area (Å²) in [5.41, 5.74) is 3.22. The molecule has 5 nitrogen and oxygen atoms in total. The molecule has 0 amide bonds. The predicted molar refractivity (Wildman–Crippen MR) is 82.3 cm³/mol. The molecule has 108 valence electrons. The molecular weight excluding hydrogens is 264 g/mol. The molecule has 0 atom stereocenters. The van der Waals surface area contributed by atoms with Gasteiger partial charge in [-0.2, -0.15) is 5.26 Å². The highest BCUT2D eigenvalue weighted by atomic mass is 16.5. The minimum atomic E-state index is 0.580. The number of nitriles is 1. The molecule has 5 heteroatoms. The summed E-state index contributed by atoms with van der Waals surface area (Å²) in [6, 6.07) is 7.48. The van der Waals surface area contributed by atoms with E-state index in [1.54, 1.807) is 25.3 Å². The zero-order valence-corrected chi connectivity index (χ0v) is 12.5. The highest BCUT2D eigenvalue weighted by Gasteiger charge is 2.15. The van der Waals surface area contributed by atoms with Crippen LogP contribution in [0, 0.1) is 11.3 Å². The average molecular weight is 282 g/mol. The summed E-state index contributed by atoms with van der Waals surface area (Å²) in [5.74, 6) is 1.53. The van der Waals surface area contributed by atoms with Gasteiger partial charge in [0.2, 0.25) is 0 Å². The molecule has 0 fully saturated rings. The summed E-state index contributed by atoms with van der Waals surface area (Å²) in [4.78, 5) is 8.70. The third-order valence-corrected chi connectivity index (χ3v) is 3.23. The fourth-order valence-corrected chi connectivity index (χ4v) is 2.26. The lowest BCUT2D eigenvalue weighted by Gasteiger charge is -2.14. The Morgan fingerprint density at radius 1 is 1.29 bits per heavy atom. The van der Waals surface area contributed by atoms with Crippen LogP contribution in [0.5, 0.6) is 5.75 Å². The van der Waals surface area contributed by atoms with E-state index in [0.29, 0.717) is 11.3 Å². The normalized spacial score (nSPS) is 10.0. The van der Waals surface area contributed by atoms with Crippen LogP contribution < -0.4 is 10.1 Å². The van der Waals surface area contributed by atoms with E-state index in [1.165, 1.54) is 6.33 Å². The smallest absolute Gasteiger partial charge is 0.133 e. The molecule has 0 radical (unpaired) electrons. The number of benzene rings is 1. The number of nitrogens with one attached hydrogen (secondary N) is 1. The molecule has 0 aliphatic heterocycles. The molecule has 0 aliphatic rings. The summed E-state index contributed by atoms with van der Waals surface area (Å²) in [6.07, 6.45) is 2.32. The van der Waals surface area contributed by atoms with Crippen molar-refractivity contribution in [2.45, 2.75) is 20.3 Å². The second-order valence-corrected chi connectivity index (χ2v) is 4.46. The van der Waals surface area contributed by atoms with E-state index in [2.05, 4.69) is 28.3 Å². The van der Waals surface area contributed by atoms with E-state index in [0.717, 1.165) is 35.6 Å². The molecule has 1 heterocycles. The number of rotatable bonds is 5. The van der Waals surface area contributed by atoms with Crippen LogP contribution in [0.4, 0.5) is 5.82 Å². The standard InChI is InChI=1S/C16H18N4O/c1-4-12-15(19-10-20-16(12)18-5-2)13-8-11(9-17)6-7-14(13)21-3/h6-8,10H,4-5H2,1-3H3,(H,18,19,20). The molecule has 1 aromatic carbocycles. The number of anilines is 1. The van der Waals surface area contributed by atoms with Gasteiger partial charge < -0.3 is 10.1 Å². The van der Waals surface area contributed by atoms with Crippen LogP contribution in [-0.4, -0.2) is 23.6 Å². The first-order valence-corrected chi connectivity index (χ1v) is 6.91. The van der Waals surface area contributed by atoms with E-state index in [9.17, 15) is 0 Å². The SMILES string of the molecule is CCNc1ncnc(-c2cc(C#N)ccc2OC)c1CC. The molecule has 0 aliphatic carbocycles. The van der Waals surface area contributed by atoms with E-state index in [-0.39, 0.29) is 0 Å². The number of hydrogen-bond donors (Lipinski definition) is 1. The molecule has 0 unspecified atom stereocenters. The Bertz CT molecular complexity index is 676. The van der Waals surface area contributed by atoms with Crippen molar-refractivity contribution in [3.63, 3.8) is 0 Å². The van der Waals surface area contributed by atoms with Gasteiger partial charge in [-0.1, -0.05) is 6.92 Å². The number of aromatic nitrogens is 2. The van der Waals surface area contributed by atoms with Crippen molar-refractivity contribution in [3.05, 3.63) is 35.7 Å². The Kier molecular flexibility index (Phi) is 4.72. The average Bonchev–Trinajstić information content (AvgIpc) is 2.54. The van der Waals surface area contributed by atoms with Crippen molar-refractivity contribution in [3.8, 4) is 23.1 Å². The predicted octanol–water partition coefficient (Wildman–Crippen LogP) is 3.02. The minimum Gasteiger partial charge on any atom is -0.496 e. The van der Waals surface area contributed by atoms with Gasteiger partial charge in [-0.25, -0.2) is 9.97 Å². The number of hydrogen-bond acceptors (Lipinski definition) is 5. The van der Waals surface area contributed by atoms with Crippen molar-refractivity contribution in [2.75, 3.05) is 19.0 Å². The first-order chi connectivity index (χ1) is 10.2. The van der Waals surface area contributed by atoms with Crippen LogP contribution >= 0.6 is 0 Å². The largest absolute Gasteiger partial charge is 0.496 e. The monoisotopic (exact) mass is 282 g/mol. The van der Waals surface area contributed by atoms with Crippen LogP contribution in [0.2, 0.25) is 0 Å². The van der Waals surface area contributed by atoms with Crippen LogP contribution in [0.25, 0.3) is 11.3 Å². The van der Waals surface area contributed by atoms with E-state index in [1.807, 2.05) is 6.92 Å². The Morgan fingerprint density at radius 2 is 2.10 bits per heavy atom. The molecule has 0 spiro atoms. The molecule has 1 aromatic heterocycles. The number of ether oxygens (including phenoxy) is 1. The quantitative estimate of drug-likeness (QED) is 0.912. The molecular formula is C16H18N4O. The Labute approximate surface area is 124 Å². The van der Waals surface area contributed by atoms with Gasteiger partial charge in [0, 0.05) is 17.7 Å². The maximum atomic E-state index is 9.10. The first-order valence-electron chi connectivity index (χ1n) is 6.91. The van der Waals surface area contributed by atoms with E-state index >= 15 is 0 Å². The summed E-state index contributed by atoms with van der Waals surface area (Å²) >= 11 is 0. The lowest BCUT2D eigenvalue weighted by molar-refractivity contribution is 0.416. The molecule has 0 bridgehead atoms. The van der Waals surface area contributed by atoms with Gasteiger partial charge >= 0.3 is 0 Å². The maximum Gasteiger partial charge on any atom is 0.133 e. The molecule has 0 saturated heterocycles. The summed E-state index contributed by atoms with van der Waals surface area (Å²) in [5, 5.41) is 12.3. The minimum absolute atomic E-state index is 0.580. The lowest BCUT2D eigenvalue weighted by atomic mass is 10.0.